The third-order valence-corrected chi connectivity index (χ3v) is 12.3. The van der Waals surface area contributed by atoms with Gasteiger partial charge in [-0.1, -0.05) is 73.7 Å². The Labute approximate surface area is 331 Å². The largest absolute Gasteiger partial charge is 0.394 e. The summed E-state index contributed by atoms with van der Waals surface area (Å²) in [6.45, 7) is 3.80. The van der Waals surface area contributed by atoms with Gasteiger partial charge in [-0.15, -0.1) is 0 Å². The average Bonchev–Trinajstić information content (AvgIpc) is 3.63. The van der Waals surface area contributed by atoms with Crippen LogP contribution in [0.1, 0.15) is 48.4 Å². The van der Waals surface area contributed by atoms with Crippen molar-refractivity contribution in [3.05, 3.63) is 142 Å². The minimum atomic E-state index is -2.15. The molecule has 4 aromatic rings. The number of anilines is 3. The van der Waals surface area contributed by atoms with Crippen molar-refractivity contribution in [2.24, 2.45) is 5.92 Å². The number of para-hydroxylation sites is 1. The van der Waals surface area contributed by atoms with E-state index in [1.807, 2.05) is 83.8 Å². The number of benzene rings is 4. The van der Waals surface area contributed by atoms with Crippen LogP contribution in [0.15, 0.2) is 109 Å². The number of piperidine rings is 1. The summed E-state index contributed by atoms with van der Waals surface area (Å²) in [4.78, 5) is 60.3. The summed E-state index contributed by atoms with van der Waals surface area (Å²) in [6.07, 6.45) is 5.11. The van der Waals surface area contributed by atoms with E-state index < -0.39 is 27.9 Å². The lowest BCUT2D eigenvalue weighted by Gasteiger charge is -2.39. The van der Waals surface area contributed by atoms with Gasteiger partial charge in [-0.25, -0.2) is 0 Å². The monoisotopic (exact) mass is 770 g/mol. The van der Waals surface area contributed by atoms with Crippen molar-refractivity contribution in [3.8, 4) is 0 Å². The molecule has 0 aromatic heterocycles. The van der Waals surface area contributed by atoms with E-state index in [0.717, 1.165) is 41.2 Å². The van der Waals surface area contributed by atoms with Gasteiger partial charge in [-0.3, -0.25) is 29.4 Å². The lowest BCUT2D eigenvalue weighted by molar-refractivity contribution is -0.385. The second-order valence-corrected chi connectivity index (χ2v) is 15.5. The fourth-order valence-electron chi connectivity index (χ4n) is 9.01. The Morgan fingerprint density at radius 1 is 0.947 bits per heavy atom. The fraction of sp³-hybridized carbons (Fsp3) is 0.341. The first-order chi connectivity index (χ1) is 27.5. The normalized spacial score (nSPS) is 22.0. The van der Waals surface area contributed by atoms with E-state index in [0.29, 0.717) is 38.2 Å². The van der Waals surface area contributed by atoms with E-state index in [1.54, 1.807) is 24.0 Å². The van der Waals surface area contributed by atoms with E-state index in [2.05, 4.69) is 10.2 Å². The molecule has 294 valence electrons. The number of amides is 3. The van der Waals surface area contributed by atoms with Crippen molar-refractivity contribution in [1.82, 2.24) is 10.2 Å². The van der Waals surface area contributed by atoms with Gasteiger partial charge in [0.15, 0.2) is 5.60 Å². The fourth-order valence-corrected chi connectivity index (χ4v) is 9.01. The van der Waals surface area contributed by atoms with Gasteiger partial charge < -0.3 is 30.2 Å². The number of aliphatic hydroxyl groups excluding tert-OH is 1. The van der Waals surface area contributed by atoms with Crippen LogP contribution in [-0.2, 0) is 39.5 Å². The third kappa shape index (κ3) is 6.65. The molecule has 1 spiro atoms. The molecule has 4 aromatic carbocycles. The molecule has 57 heavy (non-hydrogen) atoms. The number of non-ortho nitro benzene ring substituents is 1. The van der Waals surface area contributed by atoms with Crippen LogP contribution in [0, 0.1) is 16.0 Å². The summed E-state index contributed by atoms with van der Waals surface area (Å²) in [5.74, 6) is -1.65. The molecule has 2 fully saturated rings. The predicted molar refractivity (Wildman–Crippen MR) is 215 cm³/mol. The zero-order valence-corrected chi connectivity index (χ0v) is 31.8. The number of carbonyl (C=O) groups is 3. The molecule has 4 aliphatic rings. The summed E-state index contributed by atoms with van der Waals surface area (Å²) in [7, 11) is 0. The van der Waals surface area contributed by atoms with E-state index in [1.165, 1.54) is 23.1 Å². The van der Waals surface area contributed by atoms with Gasteiger partial charge >= 0.3 is 0 Å². The number of nitro groups is 1. The van der Waals surface area contributed by atoms with Gasteiger partial charge in [0.2, 0.25) is 5.91 Å². The van der Waals surface area contributed by atoms with E-state index in [9.17, 15) is 34.7 Å². The molecule has 3 N–H and O–H groups in total. The number of rotatable bonds is 10. The summed E-state index contributed by atoms with van der Waals surface area (Å²) >= 11 is 0. The highest BCUT2D eigenvalue weighted by Gasteiger charge is 2.54. The van der Waals surface area contributed by atoms with Gasteiger partial charge in [0, 0.05) is 48.0 Å². The number of aliphatic hydroxyl groups is 2. The van der Waals surface area contributed by atoms with E-state index in [-0.39, 0.29) is 48.7 Å². The molecule has 0 radical (unpaired) electrons. The lowest BCUT2D eigenvalue weighted by atomic mass is 9.82. The lowest BCUT2D eigenvalue weighted by Crippen LogP contribution is -2.55. The molecule has 2 saturated heterocycles. The van der Waals surface area contributed by atoms with Gasteiger partial charge in [0.05, 0.1) is 36.5 Å². The average molecular weight is 771 g/mol. The Hall–Kier alpha value is -5.89. The second kappa shape index (κ2) is 15.2. The first kappa shape index (κ1) is 38.0. The zero-order chi connectivity index (χ0) is 39.9. The van der Waals surface area contributed by atoms with Crippen molar-refractivity contribution in [2.45, 2.75) is 62.9 Å². The Bertz CT molecular complexity index is 2220. The molecule has 8 rings (SSSR count). The predicted octanol–water partition coefficient (Wildman–Crippen LogP) is 4.79. The summed E-state index contributed by atoms with van der Waals surface area (Å²) in [5, 5.41) is 37.5. The molecule has 0 bridgehead atoms. The van der Waals surface area contributed by atoms with E-state index >= 15 is 0 Å². The standard InChI is InChI=1S/C44H46N6O7/c1-30(8-7-13-40(52)46-27-33-10-6-5-9-32(33)24-37(46)28-51)44(55)38-25-36(50(56)57)18-19-39(38)47(42(44)54)26-31-14-16-34(17-15-31)48-29-49(35-11-3-2-4-12-35)43(41(48)53)20-22-45-23-21-43/h2-12,14-19,25,30,37,45,51,55H,13,20-24,26-29H2,1H3/b8-7+/t30-,37-,44+/m0/s1. The molecule has 3 amide bonds. The Kier molecular flexibility index (Phi) is 10.1. The topological polar surface area (TPSA) is 160 Å². The smallest absolute Gasteiger partial charge is 0.269 e. The maximum absolute atomic E-state index is 14.3. The minimum Gasteiger partial charge on any atom is -0.394 e. The maximum atomic E-state index is 14.3. The minimum absolute atomic E-state index is 0.0221. The maximum Gasteiger partial charge on any atom is 0.269 e. The number of carbonyl (C=O) groups excluding carboxylic acids is 3. The van der Waals surface area contributed by atoms with Gasteiger partial charge in [-0.05, 0) is 79.4 Å². The van der Waals surface area contributed by atoms with Crippen LogP contribution in [0.4, 0.5) is 22.7 Å². The van der Waals surface area contributed by atoms with Crippen molar-refractivity contribution in [3.63, 3.8) is 0 Å². The van der Waals surface area contributed by atoms with Crippen LogP contribution in [0.3, 0.4) is 0 Å². The van der Waals surface area contributed by atoms with Crippen molar-refractivity contribution in [2.75, 3.05) is 41.1 Å². The van der Waals surface area contributed by atoms with Crippen molar-refractivity contribution < 1.29 is 29.5 Å². The molecule has 4 aliphatic heterocycles. The van der Waals surface area contributed by atoms with Crippen molar-refractivity contribution >= 4 is 40.5 Å². The number of hydrogen-bond acceptors (Lipinski definition) is 9. The highest BCUT2D eigenvalue weighted by atomic mass is 16.6. The van der Waals surface area contributed by atoms with Crippen LogP contribution in [-0.4, -0.2) is 75.7 Å². The molecule has 13 nitrogen and oxygen atoms in total. The third-order valence-electron chi connectivity index (χ3n) is 12.3. The first-order valence-corrected chi connectivity index (χ1v) is 19.5. The molecular formula is C44H46N6O7. The van der Waals surface area contributed by atoms with Crippen LogP contribution < -0.4 is 20.0 Å². The number of nitrogens with one attached hydrogen (secondary N) is 1. The SMILES string of the molecule is C[C@@H](/C=C/CC(=O)N1Cc2ccccc2C[C@H]1CO)[C@]1(O)C(=O)N(Cc2ccc(N3CN(c4ccccc4)C4(CCNCC4)C3=O)cc2)c2ccc([N+](=O)[O-])cc21. The summed E-state index contributed by atoms with van der Waals surface area (Å²) < 4.78 is 0. The van der Waals surface area contributed by atoms with E-state index in [4.69, 9.17) is 0 Å². The highest BCUT2D eigenvalue weighted by Crippen LogP contribution is 2.47. The quantitative estimate of drug-likeness (QED) is 0.117. The Morgan fingerprint density at radius 3 is 2.35 bits per heavy atom. The molecule has 0 unspecified atom stereocenters. The van der Waals surface area contributed by atoms with Gasteiger partial charge in [0.1, 0.15) is 5.54 Å². The Balaban J connectivity index is 1.01. The summed E-state index contributed by atoms with van der Waals surface area (Å²) in [5.41, 5.74) is 1.99. The molecule has 0 saturated carbocycles. The van der Waals surface area contributed by atoms with Gasteiger partial charge in [-0.2, -0.15) is 0 Å². The number of nitrogens with zero attached hydrogens (tertiary/aromatic N) is 5. The van der Waals surface area contributed by atoms with Crippen LogP contribution >= 0.6 is 0 Å². The molecule has 13 heteroatoms. The summed E-state index contributed by atoms with van der Waals surface area (Å²) in [6, 6.07) is 28.9. The molecule has 3 atom stereocenters. The first-order valence-electron chi connectivity index (χ1n) is 19.5. The molecule has 0 aliphatic carbocycles. The molecular weight excluding hydrogens is 725 g/mol. The van der Waals surface area contributed by atoms with Crippen LogP contribution in [0.25, 0.3) is 0 Å². The van der Waals surface area contributed by atoms with Crippen molar-refractivity contribution in [1.29, 1.82) is 0 Å². The number of hydrogen-bond donors (Lipinski definition) is 3. The van der Waals surface area contributed by atoms with Crippen LogP contribution in [0.5, 0.6) is 0 Å². The number of nitro benzene ring substituents is 1. The molecule has 4 heterocycles. The zero-order valence-electron chi connectivity index (χ0n) is 31.8. The Morgan fingerprint density at radius 2 is 1.65 bits per heavy atom. The highest BCUT2D eigenvalue weighted by molar-refractivity contribution is 6.08. The number of fused-ring (bicyclic) bond motifs is 2. The van der Waals surface area contributed by atoms with Crippen LogP contribution in [0.2, 0.25) is 0 Å². The van der Waals surface area contributed by atoms with Gasteiger partial charge in [0.25, 0.3) is 17.5 Å². The second-order valence-electron chi connectivity index (χ2n) is 15.5.